The first-order valence-electron chi connectivity index (χ1n) is 10.9. The highest BCUT2D eigenvalue weighted by atomic mass is 16.5. The van der Waals surface area contributed by atoms with E-state index in [9.17, 15) is 19.9 Å². The molecule has 0 aromatic heterocycles. The molecular weight excluding hydrogens is 420 g/mol. The molecule has 2 aromatic rings. The summed E-state index contributed by atoms with van der Waals surface area (Å²) in [6.07, 6.45) is 3.23. The first-order valence-corrected chi connectivity index (χ1v) is 10.9. The number of aliphatic hydroxyl groups excluding tert-OH is 1. The van der Waals surface area contributed by atoms with Gasteiger partial charge in [-0.2, -0.15) is 0 Å². The quantitative estimate of drug-likeness (QED) is 0.420. The van der Waals surface area contributed by atoms with Crippen molar-refractivity contribution in [2.45, 2.75) is 39.3 Å². The average Bonchev–Trinajstić information content (AvgIpc) is 3.27. The van der Waals surface area contributed by atoms with Crippen LogP contribution in [0.3, 0.4) is 0 Å². The van der Waals surface area contributed by atoms with E-state index >= 15 is 0 Å². The van der Waals surface area contributed by atoms with Crippen LogP contribution in [0.15, 0.2) is 67.0 Å². The van der Waals surface area contributed by atoms with Crippen molar-refractivity contribution < 1.29 is 19.9 Å². The van der Waals surface area contributed by atoms with Gasteiger partial charge in [0, 0.05) is 18.1 Å². The van der Waals surface area contributed by atoms with Crippen molar-refractivity contribution in [3.8, 4) is 11.1 Å². The predicted octanol–water partition coefficient (Wildman–Crippen LogP) is 2.77. The third kappa shape index (κ3) is 5.71. The van der Waals surface area contributed by atoms with E-state index < -0.39 is 35.9 Å². The molecule has 8 nitrogen and oxygen atoms in total. The second-order valence-corrected chi connectivity index (χ2v) is 9.26. The number of nitrogens with zero attached hydrogens (tertiary/aromatic N) is 3. The minimum absolute atomic E-state index is 0.302. The van der Waals surface area contributed by atoms with Gasteiger partial charge in [-0.15, -0.1) is 0 Å². The highest BCUT2D eigenvalue weighted by Crippen LogP contribution is 2.27. The Hall–Kier alpha value is -3.36. The van der Waals surface area contributed by atoms with Crippen molar-refractivity contribution in [3.05, 3.63) is 67.0 Å². The van der Waals surface area contributed by atoms with Crippen LogP contribution in [0.4, 0.5) is 5.69 Å². The summed E-state index contributed by atoms with van der Waals surface area (Å²) in [5, 5.41) is 20.5. The van der Waals surface area contributed by atoms with Crippen LogP contribution in [0.5, 0.6) is 0 Å². The maximum Gasteiger partial charge on any atom is 0.248 e. The molecule has 0 radical (unpaired) electrons. The lowest BCUT2D eigenvalue weighted by Crippen LogP contribution is -2.51. The third-order valence-electron chi connectivity index (χ3n) is 5.88. The van der Waals surface area contributed by atoms with Crippen LogP contribution in [0.25, 0.3) is 11.1 Å². The number of amides is 2. The molecule has 2 amide bonds. The van der Waals surface area contributed by atoms with Crippen LogP contribution in [-0.4, -0.2) is 57.5 Å². The number of nitrogens with two attached hydrogens (primary N) is 1. The zero-order chi connectivity index (χ0) is 24.2. The van der Waals surface area contributed by atoms with Crippen LogP contribution < -0.4 is 10.6 Å². The number of benzene rings is 2. The minimum Gasteiger partial charge on any atom is -0.394 e. The molecule has 0 saturated carbocycles. The number of hydrogen-bond donors (Lipinski definition) is 3. The van der Waals surface area contributed by atoms with Crippen LogP contribution in [0.2, 0.25) is 0 Å². The molecule has 0 spiro atoms. The molecule has 0 fully saturated rings. The number of hydroxylamine groups is 2. The average molecular weight is 453 g/mol. The van der Waals surface area contributed by atoms with E-state index in [-0.39, 0.29) is 6.42 Å². The Bertz CT molecular complexity index is 986. The molecule has 33 heavy (non-hydrogen) atoms. The molecule has 1 heterocycles. The van der Waals surface area contributed by atoms with E-state index in [1.165, 1.54) is 0 Å². The summed E-state index contributed by atoms with van der Waals surface area (Å²) in [5.74, 6) is -1.34. The molecule has 2 aromatic carbocycles. The molecular formula is C25H32N4O4. The van der Waals surface area contributed by atoms with E-state index in [4.69, 9.17) is 5.73 Å². The van der Waals surface area contributed by atoms with Crippen molar-refractivity contribution in [1.29, 1.82) is 0 Å². The summed E-state index contributed by atoms with van der Waals surface area (Å²) in [5.41, 5.74) is 8.20. The van der Waals surface area contributed by atoms with E-state index in [2.05, 4.69) is 0 Å². The summed E-state index contributed by atoms with van der Waals surface area (Å²) in [6, 6.07) is 16.4. The highest BCUT2D eigenvalue weighted by molar-refractivity contribution is 5.87. The van der Waals surface area contributed by atoms with Gasteiger partial charge in [-0.3, -0.25) is 14.8 Å². The Morgan fingerprint density at radius 2 is 1.64 bits per heavy atom. The number of primary amides is 1. The molecule has 2 atom stereocenters. The Morgan fingerprint density at radius 3 is 2.18 bits per heavy atom. The van der Waals surface area contributed by atoms with Gasteiger partial charge in [-0.05, 0) is 28.7 Å². The highest BCUT2D eigenvalue weighted by Gasteiger charge is 2.36. The summed E-state index contributed by atoms with van der Waals surface area (Å²) < 4.78 is 0. The van der Waals surface area contributed by atoms with E-state index in [1.54, 1.807) is 31.9 Å². The number of rotatable bonds is 8. The number of carbonyl (C=O) groups excluding carboxylic acids is 2. The second-order valence-electron chi connectivity index (χ2n) is 9.26. The van der Waals surface area contributed by atoms with Gasteiger partial charge in [0.15, 0.2) is 0 Å². The number of hydrogen-bond acceptors (Lipinski definition) is 6. The molecule has 4 N–H and O–H groups in total. The largest absolute Gasteiger partial charge is 0.394 e. The number of anilines is 1. The Labute approximate surface area is 194 Å². The molecule has 0 bridgehead atoms. The zero-order valence-electron chi connectivity index (χ0n) is 19.3. The normalized spacial score (nSPS) is 15.4. The SMILES string of the molecule is CC(C)(C)[C@@H](CO)N(O)C(=O)C[C@@H](C(N)=O)N1C=CN(c2ccc(-c3ccccc3)cc2)C1. The van der Waals surface area contributed by atoms with Crippen molar-refractivity contribution >= 4 is 17.5 Å². The van der Waals surface area contributed by atoms with Gasteiger partial charge < -0.3 is 20.6 Å². The zero-order valence-corrected chi connectivity index (χ0v) is 19.3. The molecule has 8 heteroatoms. The van der Waals surface area contributed by atoms with E-state index in [0.717, 1.165) is 16.8 Å². The number of aliphatic hydroxyl groups is 1. The predicted molar refractivity (Wildman–Crippen MR) is 127 cm³/mol. The Morgan fingerprint density at radius 1 is 1.03 bits per heavy atom. The van der Waals surface area contributed by atoms with Gasteiger partial charge >= 0.3 is 0 Å². The lowest BCUT2D eigenvalue weighted by atomic mass is 9.87. The van der Waals surface area contributed by atoms with Gasteiger partial charge in [0.1, 0.15) is 6.04 Å². The lowest BCUT2D eigenvalue weighted by Gasteiger charge is -2.36. The standard InChI is InChI=1S/C25H32N4O4/c1-25(2,3)22(16-30)29(33)23(31)15-21(24(26)32)28-14-13-27(17-28)20-11-9-19(10-12-20)18-7-5-4-6-8-18/h4-14,21-22,30,33H,15-17H2,1-3H3,(H2,26,32)/t21-,22+/m0/s1. The van der Waals surface area contributed by atoms with Crippen LogP contribution in [0.1, 0.15) is 27.2 Å². The molecule has 176 valence electrons. The van der Waals surface area contributed by atoms with Gasteiger partial charge in [-0.25, -0.2) is 5.06 Å². The van der Waals surface area contributed by atoms with E-state index in [1.807, 2.05) is 65.7 Å². The molecule has 0 unspecified atom stereocenters. The maximum atomic E-state index is 12.7. The van der Waals surface area contributed by atoms with Crippen molar-refractivity contribution in [1.82, 2.24) is 9.96 Å². The van der Waals surface area contributed by atoms with Gasteiger partial charge in [0.05, 0.1) is 25.7 Å². The summed E-state index contributed by atoms with van der Waals surface area (Å²) in [4.78, 5) is 28.4. The monoisotopic (exact) mass is 452 g/mol. The first kappa shape index (κ1) is 24.3. The number of carbonyl (C=O) groups is 2. The molecule has 1 aliphatic rings. The first-order chi connectivity index (χ1) is 15.6. The van der Waals surface area contributed by atoms with Gasteiger partial charge in [-0.1, -0.05) is 63.2 Å². The molecule has 0 aliphatic carbocycles. The van der Waals surface area contributed by atoms with Gasteiger partial charge in [0.2, 0.25) is 11.8 Å². The summed E-state index contributed by atoms with van der Waals surface area (Å²) >= 11 is 0. The van der Waals surface area contributed by atoms with E-state index in [0.29, 0.717) is 11.7 Å². The molecule has 0 saturated heterocycles. The minimum atomic E-state index is -0.934. The van der Waals surface area contributed by atoms with Crippen LogP contribution in [-0.2, 0) is 9.59 Å². The fraction of sp³-hybridized carbons (Fsp3) is 0.360. The summed E-state index contributed by atoms with van der Waals surface area (Å²) in [7, 11) is 0. The van der Waals surface area contributed by atoms with Crippen LogP contribution in [0, 0.1) is 5.41 Å². The van der Waals surface area contributed by atoms with Crippen molar-refractivity contribution in [2.75, 3.05) is 18.2 Å². The second kappa shape index (κ2) is 10.1. The Balaban J connectivity index is 1.67. The Kier molecular flexibility index (Phi) is 7.40. The topological polar surface area (TPSA) is 110 Å². The fourth-order valence-corrected chi connectivity index (χ4v) is 3.81. The van der Waals surface area contributed by atoms with Crippen molar-refractivity contribution in [3.63, 3.8) is 0 Å². The maximum absolute atomic E-state index is 12.7. The smallest absolute Gasteiger partial charge is 0.248 e. The summed E-state index contributed by atoms with van der Waals surface area (Å²) in [6.45, 7) is 5.35. The van der Waals surface area contributed by atoms with Crippen LogP contribution >= 0.6 is 0 Å². The van der Waals surface area contributed by atoms with Gasteiger partial charge in [0.25, 0.3) is 0 Å². The molecule has 3 rings (SSSR count). The third-order valence-corrected chi connectivity index (χ3v) is 5.88. The lowest BCUT2D eigenvalue weighted by molar-refractivity contribution is -0.191. The molecule has 1 aliphatic heterocycles. The van der Waals surface area contributed by atoms with Crippen molar-refractivity contribution in [2.24, 2.45) is 11.1 Å². The fourth-order valence-electron chi connectivity index (χ4n) is 3.81.